The third-order valence-electron chi connectivity index (χ3n) is 4.35. The number of sulfonamides is 1. The van der Waals surface area contributed by atoms with Crippen LogP contribution in [0.2, 0.25) is 0 Å². The maximum Gasteiger partial charge on any atom is 0.245 e. The van der Waals surface area contributed by atoms with Crippen molar-refractivity contribution in [3.8, 4) is 0 Å². The van der Waals surface area contributed by atoms with E-state index in [0.29, 0.717) is 24.2 Å². The molecular formula is C20H26N2O3S. The number of benzene rings is 2. The van der Waals surface area contributed by atoms with Crippen molar-refractivity contribution in [3.63, 3.8) is 0 Å². The lowest BCUT2D eigenvalue weighted by molar-refractivity contribution is -0.132. The molecule has 0 saturated heterocycles. The molecule has 2 aromatic carbocycles. The lowest BCUT2D eigenvalue weighted by atomic mass is 10.1. The highest BCUT2D eigenvalue weighted by molar-refractivity contribution is 7.89. The molecule has 1 amide bonds. The number of nitrogens with one attached hydrogen (secondary N) is 1. The maximum atomic E-state index is 13.0. The summed E-state index contributed by atoms with van der Waals surface area (Å²) < 4.78 is 28.6. The van der Waals surface area contributed by atoms with Crippen molar-refractivity contribution >= 4 is 15.9 Å². The summed E-state index contributed by atoms with van der Waals surface area (Å²) in [5.74, 6) is -0.255. The van der Waals surface area contributed by atoms with Crippen LogP contribution in [0.15, 0.2) is 53.4 Å². The zero-order valence-corrected chi connectivity index (χ0v) is 16.5. The minimum absolute atomic E-state index is 0.191. The van der Waals surface area contributed by atoms with Gasteiger partial charge in [-0.1, -0.05) is 48.0 Å². The molecule has 26 heavy (non-hydrogen) atoms. The first kappa shape index (κ1) is 20.1. The van der Waals surface area contributed by atoms with Crippen LogP contribution in [0.5, 0.6) is 0 Å². The number of amides is 1. The first-order valence-corrected chi connectivity index (χ1v) is 10.2. The Balaban J connectivity index is 2.44. The van der Waals surface area contributed by atoms with Gasteiger partial charge in [0.25, 0.3) is 0 Å². The molecule has 0 radical (unpaired) electrons. The summed E-state index contributed by atoms with van der Waals surface area (Å²) in [5.41, 5.74) is 2.26. The third kappa shape index (κ3) is 4.51. The van der Waals surface area contributed by atoms with Crippen molar-refractivity contribution in [2.75, 3.05) is 13.1 Å². The van der Waals surface area contributed by atoms with Gasteiger partial charge in [0, 0.05) is 13.1 Å². The van der Waals surface area contributed by atoms with Crippen LogP contribution in [0.3, 0.4) is 0 Å². The van der Waals surface area contributed by atoms with Crippen LogP contribution in [0, 0.1) is 13.8 Å². The molecule has 2 aromatic rings. The van der Waals surface area contributed by atoms with E-state index in [4.69, 9.17) is 0 Å². The van der Waals surface area contributed by atoms with E-state index in [1.807, 2.05) is 32.9 Å². The number of carbonyl (C=O) groups is 1. The number of rotatable bonds is 7. The SMILES string of the molecule is CCN(CC)C(=O)[C@@H](NS(=O)(=O)c1ccc(C)cc1C)c1ccccc1. The average Bonchev–Trinajstić information content (AvgIpc) is 2.61. The maximum absolute atomic E-state index is 13.0. The van der Waals surface area contributed by atoms with Crippen molar-refractivity contribution in [1.82, 2.24) is 9.62 Å². The molecule has 1 atom stereocenters. The topological polar surface area (TPSA) is 66.5 Å². The highest BCUT2D eigenvalue weighted by atomic mass is 32.2. The van der Waals surface area contributed by atoms with E-state index >= 15 is 0 Å². The number of hydrogen-bond donors (Lipinski definition) is 1. The lowest BCUT2D eigenvalue weighted by Gasteiger charge is -2.26. The molecule has 0 aliphatic rings. The standard InChI is InChI=1S/C20H26N2O3S/c1-5-22(6-2)20(23)19(17-10-8-7-9-11-17)21-26(24,25)18-13-12-15(3)14-16(18)4/h7-14,19,21H,5-6H2,1-4H3/t19-/m0/s1. The molecule has 0 bridgehead atoms. The van der Waals surface area contributed by atoms with Crippen LogP contribution < -0.4 is 4.72 Å². The molecule has 1 N–H and O–H groups in total. The van der Waals surface area contributed by atoms with Gasteiger partial charge in [-0.3, -0.25) is 4.79 Å². The van der Waals surface area contributed by atoms with E-state index in [-0.39, 0.29) is 10.8 Å². The smallest absolute Gasteiger partial charge is 0.245 e. The van der Waals surface area contributed by atoms with Gasteiger partial charge < -0.3 is 4.90 Å². The van der Waals surface area contributed by atoms with E-state index in [2.05, 4.69) is 4.72 Å². The Morgan fingerprint density at radius 1 is 1.04 bits per heavy atom. The molecule has 0 fully saturated rings. The minimum Gasteiger partial charge on any atom is -0.342 e. The molecule has 5 nitrogen and oxygen atoms in total. The summed E-state index contributed by atoms with van der Waals surface area (Å²) in [6, 6.07) is 13.1. The van der Waals surface area contributed by atoms with Crippen molar-refractivity contribution in [3.05, 3.63) is 65.2 Å². The quantitative estimate of drug-likeness (QED) is 0.809. The molecule has 6 heteroatoms. The second-order valence-electron chi connectivity index (χ2n) is 6.24. The Labute approximate surface area is 156 Å². The van der Waals surface area contributed by atoms with Gasteiger partial charge in [0.2, 0.25) is 15.9 Å². The van der Waals surface area contributed by atoms with E-state index in [1.54, 1.807) is 48.2 Å². The molecule has 0 heterocycles. The Morgan fingerprint density at radius 3 is 2.19 bits per heavy atom. The Bertz CT molecular complexity index is 860. The van der Waals surface area contributed by atoms with Gasteiger partial charge in [-0.15, -0.1) is 0 Å². The fourth-order valence-electron chi connectivity index (χ4n) is 2.94. The average molecular weight is 375 g/mol. The molecule has 0 aromatic heterocycles. The molecule has 0 unspecified atom stereocenters. The summed E-state index contributed by atoms with van der Waals surface area (Å²) in [5, 5.41) is 0. The van der Waals surface area contributed by atoms with E-state index in [0.717, 1.165) is 5.56 Å². The van der Waals surface area contributed by atoms with E-state index in [9.17, 15) is 13.2 Å². The van der Waals surface area contributed by atoms with Gasteiger partial charge in [-0.05, 0) is 44.9 Å². The lowest BCUT2D eigenvalue weighted by Crippen LogP contribution is -2.43. The van der Waals surface area contributed by atoms with Gasteiger partial charge in [-0.2, -0.15) is 4.72 Å². The fraction of sp³-hybridized carbons (Fsp3) is 0.350. The molecule has 140 valence electrons. The number of likely N-dealkylation sites (N-methyl/N-ethyl adjacent to an activating group) is 1. The molecule has 2 rings (SSSR count). The van der Waals surface area contributed by atoms with Gasteiger partial charge in [0.15, 0.2) is 0 Å². The van der Waals surface area contributed by atoms with Gasteiger partial charge >= 0.3 is 0 Å². The van der Waals surface area contributed by atoms with Crippen LogP contribution in [0.4, 0.5) is 0 Å². The van der Waals surface area contributed by atoms with Crippen LogP contribution >= 0.6 is 0 Å². The first-order valence-electron chi connectivity index (χ1n) is 8.73. The second-order valence-corrected chi connectivity index (χ2v) is 7.93. The van der Waals surface area contributed by atoms with E-state index in [1.165, 1.54) is 0 Å². The molecule has 0 aliphatic carbocycles. The van der Waals surface area contributed by atoms with Crippen LogP contribution in [0.1, 0.15) is 36.6 Å². The van der Waals surface area contributed by atoms with Crippen molar-refractivity contribution in [1.29, 1.82) is 0 Å². The van der Waals surface area contributed by atoms with Crippen LogP contribution in [-0.4, -0.2) is 32.3 Å². The number of hydrogen-bond acceptors (Lipinski definition) is 3. The van der Waals surface area contributed by atoms with Crippen molar-refractivity contribution < 1.29 is 13.2 Å². The zero-order chi connectivity index (χ0) is 19.3. The molecule has 0 spiro atoms. The van der Waals surface area contributed by atoms with Gasteiger partial charge in [0.05, 0.1) is 4.90 Å². The fourth-order valence-corrected chi connectivity index (χ4v) is 4.35. The number of aryl methyl sites for hydroxylation is 2. The van der Waals surface area contributed by atoms with Crippen LogP contribution in [0.25, 0.3) is 0 Å². The molecule has 0 aliphatic heterocycles. The monoisotopic (exact) mass is 374 g/mol. The zero-order valence-electron chi connectivity index (χ0n) is 15.7. The first-order chi connectivity index (χ1) is 12.3. The van der Waals surface area contributed by atoms with E-state index < -0.39 is 16.1 Å². The number of nitrogens with zero attached hydrogens (tertiary/aromatic N) is 1. The van der Waals surface area contributed by atoms with Crippen molar-refractivity contribution in [2.24, 2.45) is 0 Å². The molecular weight excluding hydrogens is 348 g/mol. The summed E-state index contributed by atoms with van der Waals surface area (Å²) in [4.78, 5) is 14.8. The van der Waals surface area contributed by atoms with Gasteiger partial charge in [0.1, 0.15) is 6.04 Å². The largest absolute Gasteiger partial charge is 0.342 e. The highest BCUT2D eigenvalue weighted by Crippen LogP contribution is 2.22. The van der Waals surface area contributed by atoms with Crippen LogP contribution in [-0.2, 0) is 14.8 Å². The predicted molar refractivity (Wildman–Crippen MR) is 103 cm³/mol. The highest BCUT2D eigenvalue weighted by Gasteiger charge is 2.30. The summed E-state index contributed by atoms with van der Waals surface area (Å²) in [6.07, 6.45) is 0. The normalized spacial score (nSPS) is 12.6. The molecule has 0 saturated carbocycles. The Kier molecular flexibility index (Phi) is 6.56. The third-order valence-corrected chi connectivity index (χ3v) is 5.93. The minimum atomic E-state index is -3.85. The summed E-state index contributed by atoms with van der Waals surface area (Å²) in [7, 11) is -3.85. The Morgan fingerprint density at radius 2 is 1.65 bits per heavy atom. The van der Waals surface area contributed by atoms with Gasteiger partial charge in [-0.25, -0.2) is 8.42 Å². The predicted octanol–water partition coefficient (Wildman–Crippen LogP) is 3.19. The summed E-state index contributed by atoms with van der Waals surface area (Å²) in [6.45, 7) is 8.46. The van der Waals surface area contributed by atoms with Crippen molar-refractivity contribution in [2.45, 2.75) is 38.6 Å². The number of carbonyl (C=O) groups excluding carboxylic acids is 1. The Hall–Kier alpha value is -2.18. The summed E-state index contributed by atoms with van der Waals surface area (Å²) >= 11 is 0. The second kappa shape index (κ2) is 8.47.